The number of primary amides is 1. The summed E-state index contributed by atoms with van der Waals surface area (Å²) in [6, 6.07) is 1.38. The number of nitrogens with zero attached hydrogens (tertiary/aromatic N) is 1. The molecule has 0 aliphatic carbocycles. The fourth-order valence-corrected chi connectivity index (χ4v) is 1.11. The van der Waals surface area contributed by atoms with Gasteiger partial charge in [0.25, 0.3) is 5.56 Å². The third-order valence-electron chi connectivity index (χ3n) is 1.83. The highest BCUT2D eigenvalue weighted by Gasteiger charge is 1.96. The van der Waals surface area contributed by atoms with Gasteiger partial charge in [0.1, 0.15) is 5.82 Å². The van der Waals surface area contributed by atoms with Crippen LogP contribution in [0.15, 0.2) is 17.2 Å². The number of anilines is 1. The van der Waals surface area contributed by atoms with Crippen molar-refractivity contribution in [1.82, 2.24) is 9.97 Å². The van der Waals surface area contributed by atoms with Crippen LogP contribution in [-0.4, -0.2) is 22.4 Å². The molecule has 15 heavy (non-hydrogen) atoms. The Balaban J connectivity index is 2.20. The van der Waals surface area contributed by atoms with E-state index in [1.54, 1.807) is 0 Å². The van der Waals surface area contributed by atoms with Crippen LogP contribution in [0.25, 0.3) is 0 Å². The number of rotatable bonds is 6. The second kappa shape index (κ2) is 5.79. The van der Waals surface area contributed by atoms with E-state index in [2.05, 4.69) is 15.3 Å². The van der Waals surface area contributed by atoms with E-state index < -0.39 is 0 Å². The zero-order chi connectivity index (χ0) is 11.1. The van der Waals surface area contributed by atoms with Crippen molar-refractivity contribution < 1.29 is 4.79 Å². The molecule has 1 rings (SSSR count). The number of carbonyl (C=O) groups excluding carboxylic acids is 1. The molecule has 0 aliphatic heterocycles. The largest absolute Gasteiger partial charge is 0.370 e. The Morgan fingerprint density at radius 3 is 3.00 bits per heavy atom. The number of carbonyl (C=O) groups is 1. The topological polar surface area (TPSA) is 101 Å². The molecule has 0 atom stereocenters. The summed E-state index contributed by atoms with van der Waals surface area (Å²) in [5.74, 6) is 0.252. The molecule has 1 amide bonds. The highest BCUT2D eigenvalue weighted by molar-refractivity contribution is 5.73. The van der Waals surface area contributed by atoms with E-state index in [-0.39, 0.29) is 11.5 Å². The van der Waals surface area contributed by atoms with E-state index in [0.29, 0.717) is 18.8 Å². The van der Waals surface area contributed by atoms with Crippen LogP contribution in [0.2, 0.25) is 0 Å². The first-order valence-corrected chi connectivity index (χ1v) is 4.75. The van der Waals surface area contributed by atoms with Gasteiger partial charge in [0.15, 0.2) is 0 Å². The molecule has 1 aromatic heterocycles. The number of amides is 1. The van der Waals surface area contributed by atoms with Gasteiger partial charge in [0, 0.05) is 19.0 Å². The van der Waals surface area contributed by atoms with Crippen molar-refractivity contribution in [2.45, 2.75) is 19.3 Å². The average Bonchev–Trinajstić information content (AvgIpc) is 2.17. The summed E-state index contributed by atoms with van der Waals surface area (Å²) in [7, 11) is 0. The van der Waals surface area contributed by atoms with Gasteiger partial charge in [0.05, 0.1) is 6.33 Å². The van der Waals surface area contributed by atoms with E-state index in [1.165, 1.54) is 12.4 Å². The van der Waals surface area contributed by atoms with Crippen molar-refractivity contribution in [3.63, 3.8) is 0 Å². The molecular formula is C9H14N4O2. The fraction of sp³-hybridized carbons (Fsp3) is 0.444. The lowest BCUT2D eigenvalue weighted by Crippen LogP contribution is -2.12. The SMILES string of the molecule is NC(=O)CCCCNc1cc(=O)[nH]cn1. The predicted molar refractivity (Wildman–Crippen MR) is 56.4 cm³/mol. The first-order valence-electron chi connectivity index (χ1n) is 4.75. The van der Waals surface area contributed by atoms with Gasteiger partial charge in [0.2, 0.25) is 5.91 Å². The first-order chi connectivity index (χ1) is 7.18. The standard InChI is InChI=1S/C9H14N4O2/c10-7(14)3-1-2-4-11-8-5-9(15)13-6-12-8/h5-6H,1-4H2,(H2,10,14)(H2,11,12,13,15). The summed E-state index contributed by atoms with van der Waals surface area (Å²) in [6.45, 7) is 0.670. The quantitative estimate of drug-likeness (QED) is 0.568. The monoisotopic (exact) mass is 210 g/mol. The van der Waals surface area contributed by atoms with Gasteiger partial charge in [-0.2, -0.15) is 0 Å². The van der Waals surface area contributed by atoms with Crippen LogP contribution in [0.3, 0.4) is 0 Å². The minimum atomic E-state index is -0.288. The molecule has 4 N–H and O–H groups in total. The maximum absolute atomic E-state index is 10.9. The smallest absolute Gasteiger partial charge is 0.252 e. The molecule has 6 heteroatoms. The number of H-pyrrole nitrogens is 1. The van der Waals surface area contributed by atoms with E-state index in [1.807, 2.05) is 0 Å². The molecule has 6 nitrogen and oxygen atoms in total. The van der Waals surface area contributed by atoms with Crippen molar-refractivity contribution in [3.05, 3.63) is 22.7 Å². The number of hydrogen-bond acceptors (Lipinski definition) is 4. The Hall–Kier alpha value is -1.85. The summed E-state index contributed by atoms with van der Waals surface area (Å²) < 4.78 is 0. The summed E-state index contributed by atoms with van der Waals surface area (Å²) >= 11 is 0. The second-order valence-electron chi connectivity index (χ2n) is 3.15. The molecule has 0 bridgehead atoms. The van der Waals surface area contributed by atoms with Crippen LogP contribution in [0.1, 0.15) is 19.3 Å². The van der Waals surface area contributed by atoms with Gasteiger partial charge >= 0.3 is 0 Å². The van der Waals surface area contributed by atoms with Crippen molar-refractivity contribution in [1.29, 1.82) is 0 Å². The van der Waals surface area contributed by atoms with Gasteiger partial charge in [-0.25, -0.2) is 4.98 Å². The number of nitrogens with two attached hydrogens (primary N) is 1. The molecule has 0 aliphatic rings. The lowest BCUT2D eigenvalue weighted by atomic mass is 10.2. The molecule has 1 aromatic rings. The average molecular weight is 210 g/mol. The molecule has 0 spiro atoms. The lowest BCUT2D eigenvalue weighted by Gasteiger charge is -2.03. The maximum atomic E-state index is 10.9. The van der Waals surface area contributed by atoms with Crippen LogP contribution in [0.5, 0.6) is 0 Å². The summed E-state index contributed by atoms with van der Waals surface area (Å²) in [6.07, 6.45) is 3.29. The van der Waals surface area contributed by atoms with Crippen LogP contribution in [0, 0.1) is 0 Å². The Morgan fingerprint density at radius 2 is 2.33 bits per heavy atom. The lowest BCUT2D eigenvalue weighted by molar-refractivity contribution is -0.118. The molecule has 1 heterocycles. The van der Waals surface area contributed by atoms with Crippen LogP contribution in [-0.2, 0) is 4.79 Å². The van der Waals surface area contributed by atoms with Crippen LogP contribution >= 0.6 is 0 Å². The Labute approximate surface area is 86.9 Å². The zero-order valence-corrected chi connectivity index (χ0v) is 8.32. The Morgan fingerprint density at radius 1 is 1.53 bits per heavy atom. The van der Waals surface area contributed by atoms with Gasteiger partial charge in [-0.3, -0.25) is 9.59 Å². The van der Waals surface area contributed by atoms with Crippen molar-refractivity contribution in [2.24, 2.45) is 5.73 Å². The number of aromatic nitrogens is 2. The Kier molecular flexibility index (Phi) is 4.33. The number of aromatic amines is 1. The van der Waals surface area contributed by atoms with E-state index in [0.717, 1.165) is 12.8 Å². The zero-order valence-electron chi connectivity index (χ0n) is 8.32. The molecule has 0 aromatic carbocycles. The third-order valence-corrected chi connectivity index (χ3v) is 1.83. The number of unbranched alkanes of at least 4 members (excludes halogenated alkanes) is 1. The fourth-order valence-electron chi connectivity index (χ4n) is 1.11. The van der Waals surface area contributed by atoms with Gasteiger partial charge < -0.3 is 16.0 Å². The van der Waals surface area contributed by atoms with Crippen molar-refractivity contribution in [2.75, 3.05) is 11.9 Å². The molecule has 0 saturated heterocycles. The van der Waals surface area contributed by atoms with Crippen molar-refractivity contribution in [3.8, 4) is 0 Å². The first kappa shape index (κ1) is 11.2. The molecular weight excluding hydrogens is 196 g/mol. The number of nitrogens with one attached hydrogen (secondary N) is 2. The Bertz CT molecular complexity index is 374. The molecule has 0 saturated carbocycles. The van der Waals surface area contributed by atoms with Crippen LogP contribution in [0.4, 0.5) is 5.82 Å². The molecule has 0 fully saturated rings. The highest BCUT2D eigenvalue weighted by atomic mass is 16.1. The van der Waals surface area contributed by atoms with E-state index in [4.69, 9.17) is 5.73 Å². The third kappa shape index (κ3) is 4.80. The normalized spacial score (nSPS) is 9.87. The van der Waals surface area contributed by atoms with Crippen LogP contribution < -0.4 is 16.6 Å². The maximum Gasteiger partial charge on any atom is 0.252 e. The molecule has 0 unspecified atom stereocenters. The summed E-state index contributed by atoms with van der Waals surface area (Å²) in [5.41, 5.74) is 4.80. The van der Waals surface area contributed by atoms with Gasteiger partial charge in [-0.05, 0) is 12.8 Å². The molecule has 82 valence electrons. The van der Waals surface area contributed by atoms with Gasteiger partial charge in [-0.1, -0.05) is 0 Å². The number of hydrogen-bond donors (Lipinski definition) is 3. The predicted octanol–water partition coefficient (Wildman–Crippen LogP) is -0.163. The van der Waals surface area contributed by atoms with E-state index >= 15 is 0 Å². The summed E-state index contributed by atoms with van der Waals surface area (Å²) in [4.78, 5) is 27.6. The van der Waals surface area contributed by atoms with Crippen molar-refractivity contribution >= 4 is 11.7 Å². The summed E-state index contributed by atoms with van der Waals surface area (Å²) in [5, 5.41) is 2.98. The second-order valence-corrected chi connectivity index (χ2v) is 3.15. The van der Waals surface area contributed by atoms with Gasteiger partial charge in [-0.15, -0.1) is 0 Å². The molecule has 0 radical (unpaired) electrons. The minimum absolute atomic E-state index is 0.190. The highest BCUT2D eigenvalue weighted by Crippen LogP contribution is 1.98. The minimum Gasteiger partial charge on any atom is -0.370 e. The van der Waals surface area contributed by atoms with E-state index in [9.17, 15) is 9.59 Å².